The number of phenols is 1. The number of likely N-dealkylation sites (tertiary alicyclic amines) is 1. The van der Waals surface area contributed by atoms with Crippen molar-refractivity contribution in [3.05, 3.63) is 95.0 Å². The average Bonchev–Trinajstić information content (AvgIpc) is 3.54. The second-order valence-corrected chi connectivity index (χ2v) is 19.5. The number of thiazole rings is 1. The Hall–Kier alpha value is -5.60. The number of phenolic OH excluding ortho intramolecular Hbond substituents is 1. The zero-order chi connectivity index (χ0) is 42.9. The van der Waals surface area contributed by atoms with Crippen LogP contribution in [-0.4, -0.2) is 83.6 Å². The van der Waals surface area contributed by atoms with Gasteiger partial charge in [-0.2, -0.15) is 0 Å². The number of carbonyl (C=O) groups is 2. The number of aromatic hydroxyl groups is 1. The minimum absolute atomic E-state index is 0.0855. The van der Waals surface area contributed by atoms with Gasteiger partial charge in [-0.1, -0.05) is 55.4 Å². The molecular weight excluding hydrogens is 801 g/mol. The predicted molar refractivity (Wildman–Crippen MR) is 238 cm³/mol. The van der Waals surface area contributed by atoms with Crippen molar-refractivity contribution in [2.24, 2.45) is 11.3 Å². The smallest absolute Gasteiger partial charge is 0.243 e. The van der Waals surface area contributed by atoms with Gasteiger partial charge in [0.05, 0.1) is 39.4 Å². The lowest BCUT2D eigenvalue weighted by Crippen LogP contribution is -2.57. The number of hydrogen-bond acceptors (Lipinski definition) is 11. The highest BCUT2D eigenvalue weighted by atomic mass is 32.1. The molecule has 4 aromatic heterocycles. The number of fused-ring (bicyclic) bond motifs is 1. The van der Waals surface area contributed by atoms with Gasteiger partial charge < -0.3 is 34.4 Å². The minimum Gasteiger partial charge on any atom is -0.507 e. The van der Waals surface area contributed by atoms with E-state index in [1.807, 2.05) is 81.7 Å². The van der Waals surface area contributed by atoms with Crippen molar-refractivity contribution in [2.75, 3.05) is 24.5 Å². The molecule has 13 nitrogen and oxygen atoms in total. The largest absolute Gasteiger partial charge is 0.507 e. The summed E-state index contributed by atoms with van der Waals surface area (Å²) in [6.45, 7) is 9.74. The number of nitrogens with one attached hydrogen (secondary N) is 1. The van der Waals surface area contributed by atoms with E-state index in [1.165, 1.54) is 23.4 Å². The molecule has 2 aromatic carbocycles. The number of aromatic nitrogens is 5. The normalized spacial score (nSPS) is 21.1. The van der Waals surface area contributed by atoms with Gasteiger partial charge >= 0.3 is 0 Å². The number of anilines is 1. The molecule has 0 bridgehead atoms. The van der Waals surface area contributed by atoms with Gasteiger partial charge in [-0.3, -0.25) is 9.59 Å². The Morgan fingerprint density at radius 1 is 0.968 bits per heavy atom. The van der Waals surface area contributed by atoms with Crippen LogP contribution in [0.4, 0.5) is 5.82 Å². The van der Waals surface area contributed by atoms with Crippen molar-refractivity contribution in [1.29, 1.82) is 0 Å². The monoisotopic (exact) mass is 854 g/mol. The highest BCUT2D eigenvalue weighted by molar-refractivity contribution is 7.13. The Morgan fingerprint density at radius 3 is 2.42 bits per heavy atom. The van der Waals surface area contributed by atoms with Gasteiger partial charge in [-0.05, 0) is 99.6 Å². The third kappa shape index (κ3) is 7.44. The maximum absolute atomic E-state index is 14.4. The average molecular weight is 855 g/mol. The third-order valence-corrected chi connectivity index (χ3v) is 14.9. The number of hydrogen-bond donors (Lipinski definition) is 3. The Labute approximate surface area is 365 Å². The molecule has 1 spiro atoms. The van der Waals surface area contributed by atoms with E-state index >= 15 is 0 Å². The lowest BCUT2D eigenvalue weighted by atomic mass is 9.65. The summed E-state index contributed by atoms with van der Waals surface area (Å²) in [4.78, 5) is 37.4. The van der Waals surface area contributed by atoms with Crippen molar-refractivity contribution in [2.45, 2.75) is 109 Å². The molecule has 4 atom stereocenters. The number of β-amino-alcohol motifs (C(OH)–C–C–N with tert-alkyl or cyclic N) is 1. The topological polar surface area (TPSA) is 163 Å². The van der Waals surface area contributed by atoms with Gasteiger partial charge in [-0.25, -0.2) is 4.98 Å². The van der Waals surface area contributed by atoms with Crippen molar-refractivity contribution < 1.29 is 24.3 Å². The first kappa shape index (κ1) is 40.5. The van der Waals surface area contributed by atoms with Gasteiger partial charge in [0.2, 0.25) is 11.8 Å². The summed E-state index contributed by atoms with van der Waals surface area (Å²) in [5.74, 6) is 0.565. The van der Waals surface area contributed by atoms with Gasteiger partial charge in [0.1, 0.15) is 23.2 Å². The number of para-hydroxylation sites is 1. The quantitative estimate of drug-likeness (QED) is 0.116. The first-order valence-corrected chi connectivity index (χ1v) is 23.0. The zero-order valence-electron chi connectivity index (χ0n) is 35.7. The van der Waals surface area contributed by atoms with Crippen LogP contribution in [-0.2, 0) is 9.59 Å². The summed E-state index contributed by atoms with van der Waals surface area (Å²) in [5.41, 5.74) is 9.82. The number of rotatable bonds is 11. The number of aliphatic hydroxyl groups is 1. The number of nitrogens with zero attached hydrogens (tertiary/aromatic N) is 7. The molecule has 10 rings (SSSR count). The standard InChI is InChI=1S/C48H54N8O5S/c1-27(2)44(47(60)55-23-34(57)19-40(55)46(59)50-28(3)30-9-11-32(12-10-30)45-29(4)49-26-62-45)42-22-43(53-61-42)54-24-48(25-54)17-15-31(16-18-48)38-21-37-39(56(38)33-13-14-33)20-36(51-52-37)35-7-5-6-8-41(35)58/h5-12,20-22,26-28,31,33-34,40,44,57-58H,13-19,23-25H2,1-4H3,(H,50,59)/t28-,34+,40-,44+/m0/s1. The van der Waals surface area contributed by atoms with Crippen LogP contribution in [0, 0.1) is 18.3 Å². The number of carbonyl (C=O) groups excluding carboxylic acids is 2. The molecule has 2 aliphatic carbocycles. The second kappa shape index (κ2) is 15.9. The fourth-order valence-corrected chi connectivity index (χ4v) is 11.2. The van der Waals surface area contributed by atoms with Crippen LogP contribution >= 0.6 is 11.3 Å². The molecule has 4 fully saturated rings. The minimum atomic E-state index is -0.800. The second-order valence-electron chi connectivity index (χ2n) is 18.6. The number of aliphatic hydroxyl groups excluding tert-OH is 1. The summed E-state index contributed by atoms with van der Waals surface area (Å²) in [6, 6.07) is 21.0. The molecule has 62 heavy (non-hydrogen) atoms. The van der Waals surface area contributed by atoms with Crippen molar-refractivity contribution in [3.63, 3.8) is 0 Å². The molecule has 14 heteroatoms. The first-order chi connectivity index (χ1) is 29.9. The fourth-order valence-electron chi connectivity index (χ4n) is 10.4. The summed E-state index contributed by atoms with van der Waals surface area (Å²) in [7, 11) is 0. The molecule has 6 aromatic rings. The van der Waals surface area contributed by atoms with Crippen LogP contribution in [0.1, 0.15) is 112 Å². The fraction of sp³-hybridized carbons (Fsp3) is 0.458. The van der Waals surface area contributed by atoms with Crippen LogP contribution in [0.5, 0.6) is 5.75 Å². The Bertz CT molecular complexity index is 2610. The van der Waals surface area contributed by atoms with E-state index in [9.17, 15) is 19.8 Å². The van der Waals surface area contributed by atoms with Crippen LogP contribution < -0.4 is 10.2 Å². The zero-order valence-corrected chi connectivity index (χ0v) is 36.5. The number of amides is 2. The summed E-state index contributed by atoms with van der Waals surface area (Å²) in [6.07, 6.45) is 6.13. The molecule has 4 aliphatic rings. The van der Waals surface area contributed by atoms with Gasteiger partial charge in [0.25, 0.3) is 0 Å². The van der Waals surface area contributed by atoms with Crippen LogP contribution in [0.2, 0.25) is 0 Å². The SMILES string of the molecule is Cc1ncsc1-c1ccc([C@H](C)NC(=O)[C@@H]2C[C@@H](O)CN2C(=O)[C@@H](c2cc(N3CC4(CCC(c5cc6nnc(-c7ccccc7O)cc6n5C5CC5)CC4)C3)no2)C(C)C)cc1. The van der Waals surface area contributed by atoms with Crippen molar-refractivity contribution in [3.8, 4) is 27.4 Å². The first-order valence-electron chi connectivity index (χ1n) is 22.1. The van der Waals surface area contributed by atoms with E-state index in [0.29, 0.717) is 29.0 Å². The molecule has 0 unspecified atom stereocenters. The lowest BCUT2D eigenvalue weighted by Gasteiger charge is -2.53. The van der Waals surface area contributed by atoms with Crippen molar-refractivity contribution >= 4 is 40.0 Å². The molecular formula is C48H54N8O5S. The van der Waals surface area contributed by atoms with Gasteiger partial charge in [0, 0.05) is 54.8 Å². The van der Waals surface area contributed by atoms with Crippen LogP contribution in [0.3, 0.4) is 0 Å². The number of benzene rings is 2. The summed E-state index contributed by atoms with van der Waals surface area (Å²) in [5, 5.41) is 38.0. The summed E-state index contributed by atoms with van der Waals surface area (Å²) < 4.78 is 8.46. The highest BCUT2D eigenvalue weighted by Gasteiger charge is 2.48. The van der Waals surface area contributed by atoms with Crippen molar-refractivity contribution in [1.82, 2.24) is 35.1 Å². The Morgan fingerprint density at radius 2 is 1.73 bits per heavy atom. The van der Waals surface area contributed by atoms with E-state index in [-0.39, 0.29) is 47.9 Å². The van der Waals surface area contributed by atoms with Crippen LogP contribution in [0.25, 0.3) is 32.7 Å². The summed E-state index contributed by atoms with van der Waals surface area (Å²) >= 11 is 1.60. The molecule has 2 saturated carbocycles. The Kier molecular flexibility index (Phi) is 10.4. The van der Waals surface area contributed by atoms with E-state index in [1.54, 1.807) is 17.4 Å². The maximum Gasteiger partial charge on any atom is 0.243 e. The molecule has 2 aliphatic heterocycles. The van der Waals surface area contributed by atoms with E-state index in [0.717, 1.165) is 77.3 Å². The molecule has 6 heterocycles. The molecule has 2 saturated heterocycles. The molecule has 322 valence electrons. The van der Waals surface area contributed by atoms with Gasteiger partial charge in [-0.15, -0.1) is 21.5 Å². The van der Waals surface area contributed by atoms with Crippen LogP contribution in [0.15, 0.2) is 76.8 Å². The molecule has 0 radical (unpaired) electrons. The number of aryl methyl sites for hydroxylation is 1. The lowest BCUT2D eigenvalue weighted by molar-refractivity contribution is -0.141. The van der Waals surface area contributed by atoms with E-state index in [2.05, 4.69) is 47.3 Å². The van der Waals surface area contributed by atoms with E-state index < -0.39 is 18.1 Å². The maximum atomic E-state index is 14.4. The Balaban J connectivity index is 0.778. The highest BCUT2D eigenvalue weighted by Crippen LogP contribution is 2.52. The molecule has 3 N–H and O–H groups in total. The third-order valence-electron chi connectivity index (χ3n) is 14.0. The molecule has 2 amide bonds. The van der Waals surface area contributed by atoms with E-state index in [4.69, 9.17) is 4.52 Å². The predicted octanol–water partition coefficient (Wildman–Crippen LogP) is 8.30. The van der Waals surface area contributed by atoms with Gasteiger partial charge in [0.15, 0.2) is 11.6 Å².